The molecule has 5 rings (SSSR count). The molecule has 0 aliphatic carbocycles. The summed E-state index contributed by atoms with van der Waals surface area (Å²) in [5.74, 6) is 1.22. The first-order valence-corrected chi connectivity index (χ1v) is 10.3. The van der Waals surface area contributed by atoms with Crippen molar-refractivity contribution < 1.29 is 9.34 Å². The lowest BCUT2D eigenvalue weighted by Crippen LogP contribution is -2.28. The van der Waals surface area contributed by atoms with Gasteiger partial charge in [0.05, 0.1) is 16.2 Å². The van der Waals surface area contributed by atoms with Crippen LogP contribution in [0.4, 0.5) is 5.69 Å². The highest BCUT2D eigenvalue weighted by Gasteiger charge is 2.45. The molecule has 0 N–H and O–H groups in total. The number of hydrogen-bond acceptors (Lipinski definition) is 7. The van der Waals surface area contributed by atoms with Crippen LogP contribution in [-0.4, -0.2) is 31.8 Å². The average Bonchev–Trinajstić information content (AvgIpc) is 3.42. The van der Waals surface area contributed by atoms with Gasteiger partial charge in [0.15, 0.2) is 5.17 Å². The van der Waals surface area contributed by atoms with E-state index in [1.54, 1.807) is 42.2 Å². The lowest BCUT2D eigenvalue weighted by Gasteiger charge is -2.25. The Labute approximate surface area is 171 Å². The van der Waals surface area contributed by atoms with Crippen LogP contribution in [0.5, 0.6) is 0 Å². The second-order valence-electron chi connectivity index (χ2n) is 7.11. The fourth-order valence-electron chi connectivity index (χ4n) is 3.92. The van der Waals surface area contributed by atoms with Crippen molar-refractivity contribution in [1.29, 1.82) is 0 Å². The van der Waals surface area contributed by atoms with E-state index in [0.29, 0.717) is 16.6 Å². The average molecular weight is 406 g/mol. The second-order valence-corrected chi connectivity index (χ2v) is 8.52. The number of para-hydroxylation sites is 1. The maximum Gasteiger partial charge on any atom is 0.280 e. The number of benzene rings is 1. The molecule has 1 aromatic carbocycles. The number of pyridine rings is 1. The van der Waals surface area contributed by atoms with Gasteiger partial charge in [0.2, 0.25) is 0 Å². The summed E-state index contributed by atoms with van der Waals surface area (Å²) in [6.07, 6.45) is 1.77. The predicted octanol–water partition coefficient (Wildman–Crippen LogP) is 4.84. The number of amidine groups is 1. The normalized spacial score (nSPS) is 23.1. The quantitative estimate of drug-likeness (QED) is 0.455. The number of thioether (sulfide) groups is 1. The third kappa shape index (κ3) is 3.09. The first-order chi connectivity index (χ1) is 14.1. The van der Waals surface area contributed by atoms with Crippen molar-refractivity contribution in [2.45, 2.75) is 24.3 Å². The minimum atomic E-state index is -0.385. The van der Waals surface area contributed by atoms with Crippen LogP contribution in [0, 0.1) is 10.1 Å². The van der Waals surface area contributed by atoms with Crippen LogP contribution in [-0.2, 0) is 0 Å². The molecule has 0 unspecified atom stereocenters. The Morgan fingerprint density at radius 1 is 1.17 bits per heavy atom. The second kappa shape index (κ2) is 7.04. The molecular formula is C21H18N4O3S. The van der Waals surface area contributed by atoms with Crippen LogP contribution in [0.1, 0.15) is 30.5 Å². The van der Waals surface area contributed by atoms with Crippen molar-refractivity contribution in [1.82, 2.24) is 9.88 Å². The molecule has 2 aliphatic rings. The molecule has 0 saturated carbocycles. The first kappa shape index (κ1) is 17.9. The first-order valence-electron chi connectivity index (χ1n) is 9.37. The fraction of sp³-hybridized carbons (Fsp3) is 0.238. The van der Waals surface area contributed by atoms with Gasteiger partial charge in [-0.1, -0.05) is 36.9 Å². The molecular weight excluding hydrogens is 388 g/mol. The molecule has 0 amide bonds. The zero-order chi connectivity index (χ0) is 20.0. The van der Waals surface area contributed by atoms with Gasteiger partial charge in [0.1, 0.15) is 23.6 Å². The van der Waals surface area contributed by atoms with Gasteiger partial charge in [0, 0.05) is 24.1 Å². The van der Waals surface area contributed by atoms with E-state index in [2.05, 4.69) is 16.8 Å². The van der Waals surface area contributed by atoms with Crippen molar-refractivity contribution in [3.05, 3.63) is 82.4 Å². The van der Waals surface area contributed by atoms with Gasteiger partial charge in [-0.05, 0) is 30.3 Å². The van der Waals surface area contributed by atoms with Gasteiger partial charge in [-0.15, -0.1) is 0 Å². The lowest BCUT2D eigenvalue weighted by molar-refractivity contribution is -0.384. The van der Waals surface area contributed by atoms with Crippen molar-refractivity contribution in [3.63, 3.8) is 0 Å². The maximum atomic E-state index is 11.4. The number of nitro groups is 1. The largest absolute Gasteiger partial charge is 0.459 e. The van der Waals surface area contributed by atoms with Crippen LogP contribution >= 0.6 is 11.8 Å². The molecule has 1 saturated heterocycles. The molecule has 3 atom stereocenters. The Kier molecular flexibility index (Phi) is 4.35. The summed E-state index contributed by atoms with van der Waals surface area (Å²) in [4.78, 5) is 22.7. The van der Waals surface area contributed by atoms with Gasteiger partial charge in [-0.3, -0.25) is 15.1 Å². The van der Waals surface area contributed by atoms with Gasteiger partial charge in [-0.2, -0.15) is 0 Å². The molecule has 29 heavy (non-hydrogen) atoms. The number of nitro benzene ring substituents is 1. The van der Waals surface area contributed by atoms with Gasteiger partial charge in [0.25, 0.3) is 5.69 Å². The number of fused-ring (bicyclic) bond motifs is 1. The molecule has 0 radical (unpaired) electrons. The number of hydrogen-bond donors (Lipinski definition) is 0. The molecule has 1 fully saturated rings. The molecule has 4 heterocycles. The number of aromatic nitrogens is 1. The number of rotatable bonds is 4. The fourth-order valence-corrected chi connectivity index (χ4v) is 5.02. The van der Waals surface area contributed by atoms with E-state index >= 15 is 0 Å². The van der Waals surface area contributed by atoms with Crippen LogP contribution in [0.25, 0.3) is 11.3 Å². The maximum absolute atomic E-state index is 11.4. The van der Waals surface area contributed by atoms with Crippen LogP contribution in [0.15, 0.2) is 70.2 Å². The Hall–Kier alpha value is -3.13. The molecule has 0 bridgehead atoms. The van der Waals surface area contributed by atoms with E-state index in [0.717, 1.165) is 23.2 Å². The monoisotopic (exact) mass is 406 g/mol. The third-order valence-electron chi connectivity index (χ3n) is 5.17. The summed E-state index contributed by atoms with van der Waals surface area (Å²) < 4.78 is 6.18. The van der Waals surface area contributed by atoms with Gasteiger partial charge >= 0.3 is 0 Å². The number of nitrogens with zero attached hydrogens (tertiary/aromatic N) is 4. The topological polar surface area (TPSA) is 84.8 Å². The summed E-state index contributed by atoms with van der Waals surface area (Å²) in [6.45, 7) is 3.05. The van der Waals surface area contributed by atoms with Gasteiger partial charge in [-0.25, -0.2) is 4.99 Å². The van der Waals surface area contributed by atoms with Crippen molar-refractivity contribution in [3.8, 4) is 11.3 Å². The molecule has 3 aromatic rings. The highest BCUT2D eigenvalue weighted by atomic mass is 32.2. The highest BCUT2D eigenvalue weighted by Crippen LogP contribution is 2.48. The van der Waals surface area contributed by atoms with E-state index in [9.17, 15) is 10.1 Å². The molecule has 7 nitrogen and oxygen atoms in total. The van der Waals surface area contributed by atoms with E-state index in [4.69, 9.17) is 9.41 Å². The molecule has 2 aliphatic heterocycles. The summed E-state index contributed by atoms with van der Waals surface area (Å²) in [5.41, 5.74) is 1.39. The molecule has 0 spiro atoms. The van der Waals surface area contributed by atoms with E-state index in [1.807, 2.05) is 24.3 Å². The van der Waals surface area contributed by atoms with Crippen molar-refractivity contribution in [2.24, 2.45) is 4.99 Å². The highest BCUT2D eigenvalue weighted by molar-refractivity contribution is 8.14. The van der Waals surface area contributed by atoms with E-state index in [1.165, 1.54) is 6.07 Å². The molecule has 146 valence electrons. The Balaban J connectivity index is 1.55. The molecule has 8 heteroatoms. The zero-order valence-electron chi connectivity index (χ0n) is 15.6. The predicted molar refractivity (Wildman–Crippen MR) is 112 cm³/mol. The van der Waals surface area contributed by atoms with Crippen LogP contribution < -0.4 is 0 Å². The summed E-state index contributed by atoms with van der Waals surface area (Å²) in [7, 11) is 0. The Bertz CT molecular complexity index is 1100. The minimum Gasteiger partial charge on any atom is -0.459 e. The van der Waals surface area contributed by atoms with Crippen LogP contribution in [0.2, 0.25) is 0 Å². The number of furan rings is 1. The standard InChI is InChI=1S/C21H18N4O3S/c1-13-12-24-20(19(23-21(24)29-13)15-7-4-5-11-22-15)18-10-9-17(28-18)14-6-2-3-8-16(14)25(26)27/h2-11,13,19-20H,12H2,1H3/t13-,19-,20+/m1/s1. The van der Waals surface area contributed by atoms with E-state index in [-0.39, 0.29) is 22.7 Å². The van der Waals surface area contributed by atoms with Crippen molar-refractivity contribution in [2.75, 3.05) is 6.54 Å². The lowest BCUT2D eigenvalue weighted by atomic mass is 10.0. The minimum absolute atomic E-state index is 0.0309. The van der Waals surface area contributed by atoms with Gasteiger partial charge < -0.3 is 9.32 Å². The SMILES string of the molecule is C[C@@H]1CN2C(=N[C@H](c3ccccn3)[C@@H]2c2ccc(-c3ccccc3[N+](=O)[O-])o2)S1. The van der Waals surface area contributed by atoms with Crippen LogP contribution in [0.3, 0.4) is 0 Å². The van der Waals surface area contributed by atoms with E-state index < -0.39 is 0 Å². The van der Waals surface area contributed by atoms with Crippen molar-refractivity contribution >= 4 is 22.6 Å². The smallest absolute Gasteiger partial charge is 0.280 e. The summed E-state index contributed by atoms with van der Waals surface area (Å²) >= 11 is 1.76. The zero-order valence-corrected chi connectivity index (χ0v) is 16.5. The third-order valence-corrected chi connectivity index (χ3v) is 6.27. The summed E-state index contributed by atoms with van der Waals surface area (Å²) in [5, 5.41) is 12.9. The summed E-state index contributed by atoms with van der Waals surface area (Å²) in [6, 6.07) is 15.9. The molecule has 2 aromatic heterocycles. The Morgan fingerprint density at radius 3 is 2.79 bits per heavy atom. The number of aliphatic imine (C=N–C) groups is 1. The Morgan fingerprint density at radius 2 is 2.00 bits per heavy atom.